The summed E-state index contributed by atoms with van der Waals surface area (Å²) in [4.78, 5) is 21.1. The second-order valence-electron chi connectivity index (χ2n) is 7.09. The van der Waals surface area contributed by atoms with E-state index in [-0.39, 0.29) is 0 Å². The molecular formula is C22H20N8O. The Labute approximate surface area is 178 Å². The molecule has 0 unspecified atom stereocenters. The standard InChI is InChI=1S/C22H20N8O/c1-13-5-3-4-6-17(13)19-7-15-8-20(25-11-18(15)21(24)28-19)29-22(31)27-16-10-26-30(12-16)14(2)9-23/h3-8,10-12,14H,1-2H3,(H2,24,28)(H2,25,27,29,31)/t14-/m1/s1. The Hall–Kier alpha value is -4.45. The quantitative estimate of drug-likeness (QED) is 0.462. The molecule has 0 aliphatic heterocycles. The van der Waals surface area contributed by atoms with Crippen LogP contribution in [0.25, 0.3) is 22.0 Å². The zero-order valence-corrected chi connectivity index (χ0v) is 17.0. The van der Waals surface area contributed by atoms with Crippen molar-refractivity contribution in [2.75, 3.05) is 16.4 Å². The van der Waals surface area contributed by atoms with Gasteiger partial charge in [-0.25, -0.2) is 14.8 Å². The van der Waals surface area contributed by atoms with Crippen LogP contribution in [-0.2, 0) is 0 Å². The van der Waals surface area contributed by atoms with Gasteiger partial charge < -0.3 is 11.1 Å². The number of anilines is 3. The van der Waals surface area contributed by atoms with Gasteiger partial charge in [0.2, 0.25) is 0 Å². The number of hydrogen-bond acceptors (Lipinski definition) is 6. The highest BCUT2D eigenvalue weighted by atomic mass is 16.2. The second-order valence-corrected chi connectivity index (χ2v) is 7.09. The molecule has 154 valence electrons. The number of rotatable bonds is 4. The molecule has 4 rings (SSSR count). The molecule has 0 saturated heterocycles. The maximum Gasteiger partial charge on any atom is 0.324 e. The van der Waals surface area contributed by atoms with Gasteiger partial charge in [0, 0.05) is 17.1 Å². The Balaban J connectivity index is 1.57. The number of fused-ring (bicyclic) bond motifs is 1. The van der Waals surface area contributed by atoms with E-state index >= 15 is 0 Å². The van der Waals surface area contributed by atoms with Crippen molar-refractivity contribution in [2.45, 2.75) is 19.9 Å². The Bertz CT molecular complexity index is 1320. The predicted octanol–water partition coefficient (Wildman–Crippen LogP) is 4.11. The summed E-state index contributed by atoms with van der Waals surface area (Å²) < 4.78 is 1.47. The molecule has 0 spiro atoms. The zero-order chi connectivity index (χ0) is 22.0. The van der Waals surface area contributed by atoms with Gasteiger partial charge in [-0.3, -0.25) is 10.00 Å². The molecule has 4 N–H and O–H groups in total. The molecular weight excluding hydrogens is 392 g/mol. The number of nitriles is 1. The zero-order valence-electron chi connectivity index (χ0n) is 17.0. The van der Waals surface area contributed by atoms with Crippen molar-refractivity contribution in [1.82, 2.24) is 19.7 Å². The third kappa shape index (κ3) is 4.13. The van der Waals surface area contributed by atoms with E-state index in [0.29, 0.717) is 22.7 Å². The van der Waals surface area contributed by atoms with E-state index in [4.69, 9.17) is 11.0 Å². The lowest BCUT2D eigenvalue weighted by Crippen LogP contribution is -2.19. The van der Waals surface area contributed by atoms with Crippen LogP contribution in [0.4, 0.5) is 22.1 Å². The number of pyridine rings is 2. The van der Waals surface area contributed by atoms with E-state index in [0.717, 1.165) is 22.2 Å². The van der Waals surface area contributed by atoms with Crippen molar-refractivity contribution in [3.8, 4) is 17.3 Å². The minimum Gasteiger partial charge on any atom is -0.383 e. The van der Waals surface area contributed by atoms with E-state index in [1.54, 1.807) is 25.4 Å². The fourth-order valence-corrected chi connectivity index (χ4v) is 3.19. The van der Waals surface area contributed by atoms with Crippen molar-refractivity contribution >= 4 is 34.1 Å². The Morgan fingerprint density at radius 2 is 2.03 bits per heavy atom. The number of nitrogen functional groups attached to an aromatic ring is 1. The molecule has 0 saturated carbocycles. The minimum absolute atomic E-state index is 0.365. The lowest BCUT2D eigenvalue weighted by atomic mass is 10.0. The molecule has 1 atom stereocenters. The number of carbonyl (C=O) groups excluding carboxylic acids is 1. The highest BCUT2D eigenvalue weighted by Gasteiger charge is 2.11. The maximum absolute atomic E-state index is 12.4. The number of benzene rings is 1. The van der Waals surface area contributed by atoms with Crippen LogP contribution in [0.15, 0.2) is 55.0 Å². The average Bonchev–Trinajstić information content (AvgIpc) is 3.21. The van der Waals surface area contributed by atoms with Crippen LogP contribution in [0.3, 0.4) is 0 Å². The summed E-state index contributed by atoms with van der Waals surface area (Å²) in [5.41, 5.74) is 9.45. The molecule has 0 fully saturated rings. The predicted molar refractivity (Wildman–Crippen MR) is 119 cm³/mol. The fourth-order valence-electron chi connectivity index (χ4n) is 3.19. The first kappa shape index (κ1) is 19.8. The Morgan fingerprint density at radius 1 is 1.23 bits per heavy atom. The van der Waals surface area contributed by atoms with Crippen molar-refractivity contribution in [1.29, 1.82) is 5.26 Å². The van der Waals surface area contributed by atoms with Gasteiger partial charge in [-0.15, -0.1) is 0 Å². The van der Waals surface area contributed by atoms with Crippen LogP contribution in [0.1, 0.15) is 18.5 Å². The molecule has 3 heterocycles. The van der Waals surface area contributed by atoms with Crippen molar-refractivity contribution in [2.24, 2.45) is 0 Å². The van der Waals surface area contributed by atoms with Crippen molar-refractivity contribution in [3.63, 3.8) is 0 Å². The molecule has 0 aliphatic rings. The van der Waals surface area contributed by atoms with Gasteiger partial charge in [0.1, 0.15) is 17.7 Å². The molecule has 31 heavy (non-hydrogen) atoms. The summed E-state index contributed by atoms with van der Waals surface area (Å²) in [6, 6.07) is 12.8. The van der Waals surface area contributed by atoms with Crippen LogP contribution in [0.2, 0.25) is 0 Å². The van der Waals surface area contributed by atoms with Gasteiger partial charge in [0.05, 0.1) is 29.8 Å². The fraction of sp³-hybridized carbons (Fsp3) is 0.136. The Morgan fingerprint density at radius 3 is 2.81 bits per heavy atom. The summed E-state index contributed by atoms with van der Waals surface area (Å²) in [5, 5.41) is 19.9. The van der Waals surface area contributed by atoms with Gasteiger partial charge in [-0.05, 0) is 36.9 Å². The first-order chi connectivity index (χ1) is 14.9. The molecule has 1 aromatic carbocycles. The number of hydrogen-bond donors (Lipinski definition) is 3. The van der Waals surface area contributed by atoms with E-state index in [2.05, 4.69) is 31.8 Å². The highest BCUT2D eigenvalue weighted by molar-refractivity contribution is 6.01. The van der Waals surface area contributed by atoms with E-state index < -0.39 is 12.1 Å². The lowest BCUT2D eigenvalue weighted by Gasteiger charge is -2.10. The summed E-state index contributed by atoms with van der Waals surface area (Å²) in [6.45, 7) is 3.72. The number of aryl methyl sites for hydroxylation is 1. The van der Waals surface area contributed by atoms with Crippen molar-refractivity contribution in [3.05, 3.63) is 60.6 Å². The SMILES string of the molecule is Cc1ccccc1-c1cc2cc(NC(=O)Nc3cnn([C@H](C)C#N)c3)ncc2c(N)n1. The first-order valence-corrected chi connectivity index (χ1v) is 9.58. The lowest BCUT2D eigenvalue weighted by molar-refractivity contribution is 0.262. The summed E-state index contributed by atoms with van der Waals surface area (Å²) in [5.74, 6) is 0.738. The topological polar surface area (TPSA) is 135 Å². The summed E-state index contributed by atoms with van der Waals surface area (Å²) in [6.07, 6.45) is 4.64. The Kier molecular flexibility index (Phi) is 5.20. The molecule has 0 radical (unpaired) electrons. The normalized spacial score (nSPS) is 11.6. The minimum atomic E-state index is -0.475. The van der Waals surface area contributed by atoms with Crippen LogP contribution in [0.5, 0.6) is 0 Å². The van der Waals surface area contributed by atoms with Crippen molar-refractivity contribution < 1.29 is 4.79 Å². The number of carbonyl (C=O) groups is 1. The molecule has 2 amide bonds. The number of nitrogens with zero attached hydrogens (tertiary/aromatic N) is 5. The van der Waals surface area contributed by atoms with E-state index in [1.807, 2.05) is 37.3 Å². The van der Waals surface area contributed by atoms with Crippen LogP contribution >= 0.6 is 0 Å². The third-order valence-electron chi connectivity index (χ3n) is 4.85. The van der Waals surface area contributed by atoms with E-state index in [9.17, 15) is 4.79 Å². The van der Waals surface area contributed by atoms with Crippen LogP contribution < -0.4 is 16.4 Å². The third-order valence-corrected chi connectivity index (χ3v) is 4.85. The summed E-state index contributed by atoms with van der Waals surface area (Å²) in [7, 11) is 0. The van der Waals surface area contributed by atoms with Crippen LogP contribution in [0, 0.1) is 18.3 Å². The van der Waals surface area contributed by atoms with Gasteiger partial charge in [0.15, 0.2) is 0 Å². The number of nitrogens with one attached hydrogen (secondary N) is 2. The van der Waals surface area contributed by atoms with Gasteiger partial charge in [-0.1, -0.05) is 24.3 Å². The first-order valence-electron chi connectivity index (χ1n) is 9.58. The van der Waals surface area contributed by atoms with Crippen LogP contribution in [-0.4, -0.2) is 25.8 Å². The van der Waals surface area contributed by atoms with Gasteiger partial charge >= 0.3 is 6.03 Å². The smallest absolute Gasteiger partial charge is 0.324 e. The molecule has 9 nitrogen and oxygen atoms in total. The molecule has 4 aromatic rings. The number of aromatic nitrogens is 4. The van der Waals surface area contributed by atoms with Gasteiger partial charge in [0.25, 0.3) is 0 Å². The number of nitrogens with two attached hydrogens (primary N) is 1. The second kappa shape index (κ2) is 8.12. The monoisotopic (exact) mass is 412 g/mol. The largest absolute Gasteiger partial charge is 0.383 e. The number of amides is 2. The average molecular weight is 412 g/mol. The molecule has 3 aromatic heterocycles. The molecule has 9 heteroatoms. The number of urea groups is 1. The van der Waals surface area contributed by atoms with Gasteiger partial charge in [-0.2, -0.15) is 10.4 Å². The highest BCUT2D eigenvalue weighted by Crippen LogP contribution is 2.29. The van der Waals surface area contributed by atoms with E-state index in [1.165, 1.54) is 10.9 Å². The molecule has 0 bridgehead atoms. The maximum atomic E-state index is 12.4. The summed E-state index contributed by atoms with van der Waals surface area (Å²) >= 11 is 0. The molecule has 0 aliphatic carbocycles.